The molecule has 0 aromatic heterocycles. The van der Waals surface area contributed by atoms with Gasteiger partial charge in [0.05, 0.1) is 12.1 Å². The lowest BCUT2D eigenvalue weighted by Gasteiger charge is -2.07. The first-order valence-electron chi connectivity index (χ1n) is 7.12. The third kappa shape index (κ3) is 2.27. The van der Waals surface area contributed by atoms with Gasteiger partial charge in [0.2, 0.25) is 0 Å². The second-order valence-corrected chi connectivity index (χ2v) is 5.57. The lowest BCUT2D eigenvalue weighted by Crippen LogP contribution is -2.18. The number of hydrogen-bond donors (Lipinski definition) is 0. The van der Waals surface area contributed by atoms with Gasteiger partial charge >= 0.3 is 0 Å². The fourth-order valence-corrected chi connectivity index (χ4v) is 2.95. The van der Waals surface area contributed by atoms with Gasteiger partial charge in [0, 0.05) is 11.6 Å². The summed E-state index contributed by atoms with van der Waals surface area (Å²) in [6, 6.07) is 20.5. The number of nitrogens with zero attached hydrogens (tertiary/aromatic N) is 1. The van der Waals surface area contributed by atoms with Crippen LogP contribution in [0.3, 0.4) is 0 Å². The molecule has 0 saturated carbocycles. The normalized spacial score (nSPS) is 24.6. The molecule has 1 aliphatic heterocycles. The number of rotatable bonds is 4. The van der Waals surface area contributed by atoms with Crippen LogP contribution < -0.4 is 0 Å². The average molecular weight is 265 g/mol. The van der Waals surface area contributed by atoms with Crippen LogP contribution in [0.4, 0.5) is 0 Å². The summed E-state index contributed by atoms with van der Waals surface area (Å²) in [6.07, 6.45) is 0. The highest BCUT2D eigenvalue weighted by Gasteiger charge is 2.54. The van der Waals surface area contributed by atoms with E-state index in [1.54, 1.807) is 0 Å². The van der Waals surface area contributed by atoms with Gasteiger partial charge in [-0.15, -0.1) is 0 Å². The standard InChI is InChI=1S/C18H19NO/c1-13(2)19-16(14-9-5-3-6-10-14)17(19)18(20)15-11-7-4-8-12-15/h3-13,16-17H,1-2H3/t16-,17+,19?/m0/s1. The summed E-state index contributed by atoms with van der Waals surface area (Å²) in [5.41, 5.74) is 2.04. The average Bonchev–Trinajstić information content (AvgIpc) is 3.24. The Morgan fingerprint density at radius 1 is 0.950 bits per heavy atom. The maximum atomic E-state index is 12.7. The van der Waals surface area contributed by atoms with E-state index >= 15 is 0 Å². The lowest BCUT2D eigenvalue weighted by molar-refractivity contribution is 0.0969. The highest BCUT2D eigenvalue weighted by molar-refractivity contribution is 6.02. The predicted molar refractivity (Wildman–Crippen MR) is 80.7 cm³/mol. The minimum atomic E-state index is -0.0141. The van der Waals surface area contributed by atoms with Crippen molar-refractivity contribution in [2.24, 2.45) is 0 Å². The zero-order valence-electron chi connectivity index (χ0n) is 11.9. The molecule has 1 aliphatic rings. The number of carbonyl (C=O) groups is 1. The molecule has 1 saturated heterocycles. The fourth-order valence-electron chi connectivity index (χ4n) is 2.95. The maximum absolute atomic E-state index is 12.7. The zero-order chi connectivity index (χ0) is 14.1. The summed E-state index contributed by atoms with van der Waals surface area (Å²) in [4.78, 5) is 14.9. The van der Waals surface area contributed by atoms with Crippen LogP contribution in [0.2, 0.25) is 0 Å². The van der Waals surface area contributed by atoms with Gasteiger partial charge in [-0.1, -0.05) is 60.7 Å². The number of Topliss-reactive ketones (excluding diaryl/α,β-unsaturated/α-hetero) is 1. The molecule has 3 atom stereocenters. The molecular formula is C18H19NO. The van der Waals surface area contributed by atoms with Crippen molar-refractivity contribution in [3.63, 3.8) is 0 Å². The van der Waals surface area contributed by atoms with Crippen molar-refractivity contribution in [1.29, 1.82) is 0 Å². The minimum absolute atomic E-state index is 0.0141. The van der Waals surface area contributed by atoms with E-state index < -0.39 is 0 Å². The Bertz CT molecular complexity index is 591. The smallest absolute Gasteiger partial charge is 0.181 e. The SMILES string of the molecule is CC(C)N1[C@@H](C(=O)c2ccccc2)[C@@H]1c1ccccc1. The van der Waals surface area contributed by atoms with E-state index in [0.717, 1.165) is 5.56 Å². The Kier molecular flexibility index (Phi) is 3.41. The van der Waals surface area contributed by atoms with Gasteiger partial charge < -0.3 is 0 Å². The molecule has 1 fully saturated rings. The Balaban J connectivity index is 1.88. The summed E-state index contributed by atoms with van der Waals surface area (Å²) in [5, 5.41) is 0. The maximum Gasteiger partial charge on any atom is 0.181 e. The molecule has 0 bridgehead atoms. The first-order chi connectivity index (χ1) is 9.70. The van der Waals surface area contributed by atoms with Crippen LogP contribution in [-0.4, -0.2) is 22.8 Å². The van der Waals surface area contributed by atoms with Gasteiger partial charge in [0.25, 0.3) is 0 Å². The quantitative estimate of drug-likeness (QED) is 0.620. The van der Waals surface area contributed by atoms with Crippen LogP contribution in [0.15, 0.2) is 60.7 Å². The molecule has 0 aliphatic carbocycles. The van der Waals surface area contributed by atoms with Gasteiger partial charge in [-0.05, 0) is 19.4 Å². The van der Waals surface area contributed by atoms with E-state index in [0.29, 0.717) is 6.04 Å². The van der Waals surface area contributed by atoms with Gasteiger partial charge in [-0.3, -0.25) is 9.69 Å². The summed E-state index contributed by atoms with van der Waals surface area (Å²) < 4.78 is 0. The molecule has 3 rings (SSSR count). The van der Waals surface area contributed by atoms with E-state index in [1.807, 2.05) is 48.5 Å². The van der Waals surface area contributed by atoms with Crippen molar-refractivity contribution < 1.29 is 4.79 Å². The van der Waals surface area contributed by atoms with Crippen LogP contribution in [0.25, 0.3) is 0 Å². The molecule has 2 aromatic carbocycles. The molecular weight excluding hydrogens is 246 g/mol. The van der Waals surface area contributed by atoms with Crippen molar-refractivity contribution >= 4 is 5.78 Å². The fraction of sp³-hybridized carbons (Fsp3) is 0.278. The summed E-state index contributed by atoms with van der Waals surface area (Å²) in [6.45, 7) is 4.29. The molecule has 2 heteroatoms. The Morgan fingerprint density at radius 2 is 1.50 bits per heavy atom. The van der Waals surface area contributed by atoms with Crippen molar-refractivity contribution in [3.8, 4) is 0 Å². The van der Waals surface area contributed by atoms with Crippen LogP contribution in [0.1, 0.15) is 35.8 Å². The highest BCUT2D eigenvalue weighted by Crippen LogP contribution is 2.46. The lowest BCUT2D eigenvalue weighted by atomic mass is 10.0. The largest absolute Gasteiger partial charge is 0.292 e. The van der Waals surface area contributed by atoms with Crippen LogP contribution >= 0.6 is 0 Å². The van der Waals surface area contributed by atoms with Crippen molar-refractivity contribution in [2.75, 3.05) is 0 Å². The van der Waals surface area contributed by atoms with Crippen LogP contribution in [-0.2, 0) is 0 Å². The Morgan fingerprint density at radius 3 is 2.05 bits per heavy atom. The van der Waals surface area contributed by atoms with E-state index in [9.17, 15) is 4.79 Å². The van der Waals surface area contributed by atoms with E-state index in [4.69, 9.17) is 0 Å². The number of benzene rings is 2. The Hall–Kier alpha value is -1.93. The van der Waals surface area contributed by atoms with Crippen LogP contribution in [0, 0.1) is 0 Å². The summed E-state index contributed by atoms with van der Waals surface area (Å²) in [5.74, 6) is 0.230. The molecule has 0 radical (unpaired) electrons. The number of ketones is 1. The van der Waals surface area contributed by atoms with E-state index in [2.05, 4.69) is 30.9 Å². The van der Waals surface area contributed by atoms with Crippen molar-refractivity contribution in [1.82, 2.24) is 4.90 Å². The van der Waals surface area contributed by atoms with E-state index in [-0.39, 0.29) is 17.9 Å². The third-order valence-electron chi connectivity index (χ3n) is 3.92. The molecule has 0 amide bonds. The Labute approximate surface area is 120 Å². The minimum Gasteiger partial charge on any atom is -0.292 e. The second-order valence-electron chi connectivity index (χ2n) is 5.57. The van der Waals surface area contributed by atoms with Crippen molar-refractivity contribution in [2.45, 2.75) is 32.0 Å². The number of carbonyl (C=O) groups excluding carboxylic acids is 1. The first kappa shape index (κ1) is 13.1. The summed E-state index contributed by atoms with van der Waals surface area (Å²) in [7, 11) is 0. The molecule has 20 heavy (non-hydrogen) atoms. The van der Waals surface area contributed by atoms with Gasteiger partial charge in [-0.25, -0.2) is 0 Å². The molecule has 0 N–H and O–H groups in total. The molecule has 1 unspecified atom stereocenters. The zero-order valence-corrected chi connectivity index (χ0v) is 11.9. The van der Waals surface area contributed by atoms with Crippen molar-refractivity contribution in [3.05, 3.63) is 71.8 Å². The molecule has 102 valence electrons. The molecule has 1 heterocycles. The first-order valence-corrected chi connectivity index (χ1v) is 7.12. The van der Waals surface area contributed by atoms with Crippen LogP contribution in [0.5, 0.6) is 0 Å². The van der Waals surface area contributed by atoms with Gasteiger partial charge in [0.15, 0.2) is 5.78 Å². The van der Waals surface area contributed by atoms with E-state index in [1.165, 1.54) is 5.56 Å². The highest BCUT2D eigenvalue weighted by atomic mass is 16.1. The monoisotopic (exact) mass is 265 g/mol. The molecule has 2 nitrogen and oxygen atoms in total. The number of hydrogen-bond acceptors (Lipinski definition) is 2. The third-order valence-corrected chi connectivity index (χ3v) is 3.92. The summed E-state index contributed by atoms with van der Waals surface area (Å²) >= 11 is 0. The predicted octanol–water partition coefficient (Wildman–Crippen LogP) is 3.70. The van der Waals surface area contributed by atoms with Gasteiger partial charge in [0.1, 0.15) is 0 Å². The van der Waals surface area contributed by atoms with Gasteiger partial charge in [-0.2, -0.15) is 0 Å². The second kappa shape index (κ2) is 5.22. The molecule has 0 spiro atoms. The molecule has 2 aromatic rings. The topological polar surface area (TPSA) is 20.1 Å².